The average molecular weight is 302 g/mol. The summed E-state index contributed by atoms with van der Waals surface area (Å²) in [6.07, 6.45) is 5.10. The summed E-state index contributed by atoms with van der Waals surface area (Å²) in [4.78, 5) is 17.2. The van der Waals surface area contributed by atoms with E-state index in [1.807, 2.05) is 11.0 Å². The number of benzene rings is 1. The van der Waals surface area contributed by atoms with Crippen LogP contribution in [-0.4, -0.2) is 59.1 Å². The van der Waals surface area contributed by atoms with Gasteiger partial charge in [-0.15, -0.1) is 0 Å². The number of β-amino-alcohol motifs (C(OH)–C–C–N with tert-alkyl or cyclic N) is 1. The minimum Gasteiger partial charge on any atom is -0.395 e. The topological polar surface area (TPSA) is 43.8 Å². The van der Waals surface area contributed by atoms with Crippen LogP contribution < -0.4 is 0 Å². The zero-order valence-corrected chi connectivity index (χ0v) is 13.2. The summed E-state index contributed by atoms with van der Waals surface area (Å²) in [6, 6.07) is 10.5. The van der Waals surface area contributed by atoms with Gasteiger partial charge in [-0.1, -0.05) is 30.3 Å². The molecule has 0 radical (unpaired) electrons. The molecule has 0 aromatic heterocycles. The van der Waals surface area contributed by atoms with Gasteiger partial charge in [0.1, 0.15) is 5.54 Å². The Bertz CT molecular complexity index is 503. The molecule has 120 valence electrons. The third-order valence-electron chi connectivity index (χ3n) is 5.21. The SMILES string of the molecule is O=C1N(CCO)CCCC12CCCN2CCc1ccccc1. The maximum atomic E-state index is 12.9. The molecule has 1 amide bonds. The second-order valence-electron chi connectivity index (χ2n) is 6.48. The van der Waals surface area contributed by atoms with Crippen LogP contribution in [0.2, 0.25) is 0 Å². The van der Waals surface area contributed by atoms with Crippen molar-refractivity contribution in [3.63, 3.8) is 0 Å². The van der Waals surface area contributed by atoms with E-state index in [0.29, 0.717) is 6.54 Å². The van der Waals surface area contributed by atoms with Gasteiger partial charge in [-0.25, -0.2) is 0 Å². The van der Waals surface area contributed by atoms with Gasteiger partial charge in [-0.05, 0) is 44.2 Å². The molecular formula is C18H26N2O2. The molecule has 4 heteroatoms. The van der Waals surface area contributed by atoms with Crippen molar-refractivity contribution < 1.29 is 9.90 Å². The summed E-state index contributed by atoms with van der Waals surface area (Å²) in [5.74, 6) is 0.248. The second-order valence-corrected chi connectivity index (χ2v) is 6.48. The number of rotatable bonds is 5. The van der Waals surface area contributed by atoms with Gasteiger partial charge in [0.05, 0.1) is 6.61 Å². The first-order valence-corrected chi connectivity index (χ1v) is 8.45. The van der Waals surface area contributed by atoms with E-state index in [2.05, 4.69) is 29.2 Å². The molecule has 1 aromatic carbocycles. The Labute approximate surface area is 132 Å². The van der Waals surface area contributed by atoms with Gasteiger partial charge in [0.2, 0.25) is 5.91 Å². The molecule has 2 fully saturated rings. The van der Waals surface area contributed by atoms with Crippen LogP contribution in [0.25, 0.3) is 0 Å². The second kappa shape index (κ2) is 6.80. The van der Waals surface area contributed by atoms with Crippen molar-refractivity contribution in [1.29, 1.82) is 0 Å². The van der Waals surface area contributed by atoms with E-state index in [1.54, 1.807) is 0 Å². The summed E-state index contributed by atoms with van der Waals surface area (Å²) in [5.41, 5.74) is 1.04. The van der Waals surface area contributed by atoms with Crippen LogP contribution in [0.4, 0.5) is 0 Å². The first-order valence-electron chi connectivity index (χ1n) is 8.45. The predicted octanol–water partition coefficient (Wildman–Crippen LogP) is 1.68. The molecular weight excluding hydrogens is 276 g/mol. The lowest BCUT2D eigenvalue weighted by atomic mass is 9.85. The number of hydrogen-bond acceptors (Lipinski definition) is 3. The van der Waals surface area contributed by atoms with Crippen LogP contribution in [0, 0.1) is 0 Å². The molecule has 0 aliphatic carbocycles. The van der Waals surface area contributed by atoms with E-state index in [-0.39, 0.29) is 18.1 Å². The van der Waals surface area contributed by atoms with E-state index < -0.39 is 0 Å². The summed E-state index contributed by atoms with van der Waals surface area (Å²) >= 11 is 0. The highest BCUT2D eigenvalue weighted by Crippen LogP contribution is 2.38. The van der Waals surface area contributed by atoms with Crippen molar-refractivity contribution in [3.8, 4) is 0 Å². The summed E-state index contributed by atoms with van der Waals surface area (Å²) < 4.78 is 0. The van der Waals surface area contributed by atoms with Crippen LogP contribution in [-0.2, 0) is 11.2 Å². The largest absolute Gasteiger partial charge is 0.395 e. The van der Waals surface area contributed by atoms with Gasteiger partial charge in [-0.2, -0.15) is 0 Å². The van der Waals surface area contributed by atoms with Crippen molar-refractivity contribution in [2.24, 2.45) is 0 Å². The minimum absolute atomic E-state index is 0.0613. The van der Waals surface area contributed by atoms with Crippen molar-refractivity contribution >= 4 is 5.91 Å². The average Bonchev–Trinajstić information content (AvgIpc) is 2.95. The molecule has 2 aliphatic rings. The molecule has 1 aromatic rings. The lowest BCUT2D eigenvalue weighted by Gasteiger charge is -2.44. The number of carbonyl (C=O) groups is 1. The maximum absolute atomic E-state index is 12.9. The van der Waals surface area contributed by atoms with Crippen LogP contribution in [0.3, 0.4) is 0 Å². The molecule has 1 spiro atoms. The van der Waals surface area contributed by atoms with Crippen LogP contribution in [0.1, 0.15) is 31.2 Å². The van der Waals surface area contributed by atoms with Gasteiger partial charge in [0.15, 0.2) is 0 Å². The highest BCUT2D eigenvalue weighted by atomic mass is 16.3. The predicted molar refractivity (Wildman–Crippen MR) is 86.6 cm³/mol. The van der Waals surface area contributed by atoms with Gasteiger partial charge in [-0.3, -0.25) is 9.69 Å². The Morgan fingerprint density at radius 3 is 2.50 bits per heavy atom. The highest BCUT2D eigenvalue weighted by Gasteiger charge is 2.50. The summed E-state index contributed by atoms with van der Waals surface area (Å²) in [6.45, 7) is 3.31. The zero-order valence-electron chi connectivity index (χ0n) is 13.2. The fourth-order valence-corrected chi connectivity index (χ4v) is 4.09. The normalized spacial score (nSPS) is 26.0. The minimum atomic E-state index is -0.289. The molecule has 0 bridgehead atoms. The Morgan fingerprint density at radius 1 is 1.05 bits per heavy atom. The van der Waals surface area contributed by atoms with Crippen molar-refractivity contribution in [2.75, 3.05) is 32.8 Å². The van der Waals surface area contributed by atoms with E-state index in [0.717, 1.165) is 51.7 Å². The molecule has 0 saturated carbocycles. The van der Waals surface area contributed by atoms with Crippen molar-refractivity contribution in [2.45, 2.75) is 37.6 Å². The van der Waals surface area contributed by atoms with Crippen molar-refractivity contribution in [1.82, 2.24) is 9.80 Å². The molecule has 1 atom stereocenters. The number of amides is 1. The van der Waals surface area contributed by atoms with E-state index in [1.165, 1.54) is 5.56 Å². The van der Waals surface area contributed by atoms with E-state index in [4.69, 9.17) is 0 Å². The van der Waals surface area contributed by atoms with Crippen LogP contribution in [0.5, 0.6) is 0 Å². The van der Waals surface area contributed by atoms with Crippen LogP contribution >= 0.6 is 0 Å². The standard InChI is InChI=1S/C18H26N2O2/c21-15-14-19-11-4-9-18(17(19)22)10-5-12-20(18)13-8-16-6-2-1-3-7-16/h1-3,6-7,21H,4-5,8-15H2. The quantitative estimate of drug-likeness (QED) is 0.900. The number of piperidine rings is 1. The summed E-state index contributed by atoms with van der Waals surface area (Å²) in [5, 5.41) is 9.18. The van der Waals surface area contributed by atoms with E-state index in [9.17, 15) is 9.90 Å². The number of carbonyl (C=O) groups excluding carboxylic acids is 1. The molecule has 2 aliphatic heterocycles. The Hall–Kier alpha value is -1.39. The fourth-order valence-electron chi connectivity index (χ4n) is 4.09. The molecule has 2 heterocycles. The first kappa shape index (κ1) is 15.5. The molecule has 3 rings (SSSR count). The zero-order chi connectivity index (χ0) is 15.4. The highest BCUT2D eigenvalue weighted by molar-refractivity contribution is 5.87. The van der Waals surface area contributed by atoms with Gasteiger partial charge >= 0.3 is 0 Å². The Morgan fingerprint density at radius 2 is 1.77 bits per heavy atom. The number of likely N-dealkylation sites (tertiary alicyclic amines) is 2. The monoisotopic (exact) mass is 302 g/mol. The summed E-state index contributed by atoms with van der Waals surface area (Å²) in [7, 11) is 0. The Balaban J connectivity index is 1.70. The third-order valence-corrected chi connectivity index (χ3v) is 5.21. The van der Waals surface area contributed by atoms with Crippen molar-refractivity contribution in [3.05, 3.63) is 35.9 Å². The van der Waals surface area contributed by atoms with Gasteiger partial charge < -0.3 is 10.0 Å². The van der Waals surface area contributed by atoms with Gasteiger partial charge in [0.25, 0.3) is 0 Å². The van der Waals surface area contributed by atoms with Gasteiger partial charge in [0, 0.05) is 19.6 Å². The lowest BCUT2D eigenvalue weighted by Crippen LogP contribution is -2.60. The Kier molecular flexibility index (Phi) is 4.79. The molecule has 1 unspecified atom stereocenters. The molecule has 1 N–H and O–H groups in total. The number of aliphatic hydroxyl groups is 1. The first-order chi connectivity index (χ1) is 10.8. The smallest absolute Gasteiger partial charge is 0.243 e. The lowest BCUT2D eigenvalue weighted by molar-refractivity contribution is -0.147. The molecule has 22 heavy (non-hydrogen) atoms. The van der Waals surface area contributed by atoms with Crippen LogP contribution in [0.15, 0.2) is 30.3 Å². The maximum Gasteiger partial charge on any atom is 0.243 e. The molecule has 2 saturated heterocycles. The molecule has 4 nitrogen and oxygen atoms in total. The number of hydrogen-bond donors (Lipinski definition) is 1. The number of aliphatic hydroxyl groups excluding tert-OH is 1. The van der Waals surface area contributed by atoms with E-state index >= 15 is 0 Å². The fraction of sp³-hybridized carbons (Fsp3) is 0.611. The number of nitrogens with zero attached hydrogens (tertiary/aromatic N) is 2. The third kappa shape index (κ3) is 2.90.